The Hall–Kier alpha value is -2.06. The van der Waals surface area contributed by atoms with Gasteiger partial charge in [0.2, 0.25) is 5.88 Å². The third-order valence-corrected chi connectivity index (χ3v) is 4.26. The van der Waals surface area contributed by atoms with Gasteiger partial charge in [0.1, 0.15) is 11.7 Å². The van der Waals surface area contributed by atoms with E-state index in [1.165, 1.54) is 0 Å². The minimum atomic E-state index is -4.54. The van der Waals surface area contributed by atoms with Crippen molar-refractivity contribution in [2.24, 2.45) is 5.92 Å². The molecule has 0 radical (unpaired) electrons. The van der Waals surface area contributed by atoms with Crippen LogP contribution in [0.2, 0.25) is 0 Å². The topological polar surface area (TPSA) is 64.5 Å². The molecule has 1 aromatic rings. The number of hydrogen-bond donors (Lipinski definition) is 0. The van der Waals surface area contributed by atoms with Crippen molar-refractivity contribution >= 4 is 6.09 Å². The number of piperidine rings is 1. The number of fused-ring (bicyclic) bond motifs is 2. The van der Waals surface area contributed by atoms with Crippen molar-refractivity contribution in [3.05, 3.63) is 17.8 Å². The maximum absolute atomic E-state index is 12.5. The second-order valence-corrected chi connectivity index (χ2v) is 7.45. The third-order valence-electron chi connectivity index (χ3n) is 4.26. The zero-order valence-electron chi connectivity index (χ0n) is 14.2. The van der Waals surface area contributed by atoms with E-state index in [4.69, 9.17) is 9.47 Å². The molecule has 3 rings (SSSR count). The van der Waals surface area contributed by atoms with E-state index in [-0.39, 0.29) is 18.0 Å². The van der Waals surface area contributed by atoms with Gasteiger partial charge in [-0.3, -0.25) is 0 Å². The summed E-state index contributed by atoms with van der Waals surface area (Å²) in [4.78, 5) is 13.9. The predicted molar refractivity (Wildman–Crippen MR) is 80.9 cm³/mol. The fourth-order valence-electron chi connectivity index (χ4n) is 3.31. The number of rotatable bonds is 2. The molecule has 1 saturated carbocycles. The highest BCUT2D eigenvalue weighted by atomic mass is 19.4. The lowest BCUT2D eigenvalue weighted by atomic mass is 10.1. The van der Waals surface area contributed by atoms with Crippen LogP contribution in [0.15, 0.2) is 12.1 Å². The molecular weight excluding hydrogens is 339 g/mol. The van der Waals surface area contributed by atoms with E-state index in [0.717, 1.165) is 25.0 Å². The monoisotopic (exact) mass is 359 g/mol. The Morgan fingerprint density at radius 1 is 1.20 bits per heavy atom. The van der Waals surface area contributed by atoms with E-state index in [9.17, 15) is 18.0 Å². The third kappa shape index (κ3) is 3.96. The summed E-state index contributed by atoms with van der Waals surface area (Å²) in [5.74, 6) is 0.319. The van der Waals surface area contributed by atoms with E-state index in [1.807, 2.05) is 0 Å². The molecule has 1 aliphatic heterocycles. The van der Waals surface area contributed by atoms with Gasteiger partial charge in [0.05, 0.1) is 6.04 Å². The van der Waals surface area contributed by atoms with E-state index in [1.54, 1.807) is 25.7 Å². The van der Waals surface area contributed by atoms with Crippen LogP contribution in [0.1, 0.15) is 39.3 Å². The van der Waals surface area contributed by atoms with Gasteiger partial charge in [-0.25, -0.2) is 4.79 Å². The van der Waals surface area contributed by atoms with Gasteiger partial charge in [0.25, 0.3) is 0 Å². The lowest BCUT2D eigenvalue weighted by Crippen LogP contribution is -2.48. The smallest absolute Gasteiger partial charge is 0.435 e. The van der Waals surface area contributed by atoms with Crippen LogP contribution in [0.3, 0.4) is 0 Å². The van der Waals surface area contributed by atoms with Gasteiger partial charge in [0.15, 0.2) is 5.69 Å². The van der Waals surface area contributed by atoms with Crippen LogP contribution in [0.5, 0.6) is 5.88 Å². The van der Waals surface area contributed by atoms with Gasteiger partial charge in [-0.05, 0) is 45.6 Å². The molecular formula is C16H20F3N3O3. The Balaban J connectivity index is 1.65. The van der Waals surface area contributed by atoms with Crippen molar-refractivity contribution in [3.8, 4) is 5.88 Å². The van der Waals surface area contributed by atoms with E-state index < -0.39 is 23.6 Å². The molecule has 2 fully saturated rings. The summed E-state index contributed by atoms with van der Waals surface area (Å²) >= 11 is 0. The Morgan fingerprint density at radius 2 is 1.92 bits per heavy atom. The van der Waals surface area contributed by atoms with Crippen LogP contribution in [0.25, 0.3) is 0 Å². The second kappa shape index (κ2) is 6.03. The summed E-state index contributed by atoms with van der Waals surface area (Å²) in [6.45, 7) is 6.00. The Bertz CT molecular complexity index is 643. The molecule has 1 amide bonds. The van der Waals surface area contributed by atoms with Gasteiger partial charge in [-0.1, -0.05) is 0 Å². The molecule has 3 atom stereocenters. The fourth-order valence-corrected chi connectivity index (χ4v) is 3.31. The summed E-state index contributed by atoms with van der Waals surface area (Å²) in [5, 5.41) is 6.65. The number of ether oxygens (including phenoxy) is 2. The first-order valence-corrected chi connectivity index (χ1v) is 8.10. The largest absolute Gasteiger partial charge is 0.471 e. The molecule has 1 aliphatic carbocycles. The lowest BCUT2D eigenvalue weighted by Gasteiger charge is -2.34. The highest BCUT2D eigenvalue weighted by Crippen LogP contribution is 2.40. The van der Waals surface area contributed by atoms with Crippen molar-refractivity contribution in [1.82, 2.24) is 15.1 Å². The number of amides is 1. The normalized spacial score (nSPS) is 26.0. The first-order valence-electron chi connectivity index (χ1n) is 8.10. The highest BCUT2D eigenvalue weighted by molar-refractivity contribution is 5.69. The van der Waals surface area contributed by atoms with E-state index >= 15 is 0 Å². The Kier molecular flexibility index (Phi) is 4.28. The SMILES string of the molecule is CC(C)(C)OC(=O)N1C[C@@H]2C[C@@H]1[C@H](Oc1ccc(C(F)(F)F)nn1)C2. The first kappa shape index (κ1) is 17.8. The zero-order valence-corrected chi connectivity index (χ0v) is 14.2. The van der Waals surface area contributed by atoms with Crippen LogP contribution in [-0.4, -0.2) is 45.5 Å². The van der Waals surface area contributed by atoms with Crippen LogP contribution >= 0.6 is 0 Å². The Labute approximate surface area is 143 Å². The number of carbonyl (C=O) groups excluding carboxylic acids is 1. The minimum Gasteiger partial charge on any atom is -0.471 e. The van der Waals surface area contributed by atoms with Gasteiger partial charge in [-0.15, -0.1) is 10.2 Å². The van der Waals surface area contributed by atoms with Crippen LogP contribution in [0, 0.1) is 5.92 Å². The maximum Gasteiger partial charge on any atom is 0.435 e. The molecule has 1 aromatic heterocycles. The van der Waals surface area contributed by atoms with E-state index in [0.29, 0.717) is 12.5 Å². The second-order valence-electron chi connectivity index (χ2n) is 7.45. The lowest BCUT2D eigenvalue weighted by molar-refractivity contribution is -0.141. The summed E-state index contributed by atoms with van der Waals surface area (Å²) in [7, 11) is 0. The number of hydrogen-bond acceptors (Lipinski definition) is 5. The van der Waals surface area contributed by atoms with Crippen LogP contribution in [0.4, 0.5) is 18.0 Å². The zero-order chi connectivity index (χ0) is 18.4. The molecule has 0 spiro atoms. The van der Waals surface area contributed by atoms with Crippen molar-refractivity contribution in [2.45, 2.75) is 57.5 Å². The molecule has 1 saturated heterocycles. The number of likely N-dealkylation sites (tertiary alicyclic amines) is 1. The van der Waals surface area contributed by atoms with Crippen molar-refractivity contribution in [3.63, 3.8) is 0 Å². The summed E-state index contributed by atoms with van der Waals surface area (Å²) in [5.41, 5.74) is -1.66. The van der Waals surface area contributed by atoms with Crippen LogP contribution in [-0.2, 0) is 10.9 Å². The first-order chi connectivity index (χ1) is 11.5. The molecule has 138 valence electrons. The van der Waals surface area contributed by atoms with Gasteiger partial charge in [-0.2, -0.15) is 13.2 Å². The molecule has 9 heteroatoms. The van der Waals surface area contributed by atoms with Gasteiger partial charge in [0, 0.05) is 12.6 Å². The molecule has 2 aliphatic rings. The van der Waals surface area contributed by atoms with Crippen molar-refractivity contribution in [1.29, 1.82) is 0 Å². The summed E-state index contributed by atoms with van der Waals surface area (Å²) in [6.07, 6.45) is -3.74. The maximum atomic E-state index is 12.5. The molecule has 2 heterocycles. The fraction of sp³-hybridized carbons (Fsp3) is 0.688. The molecule has 2 bridgehead atoms. The average Bonchev–Trinajstić information content (AvgIpc) is 3.05. The average molecular weight is 359 g/mol. The molecule has 0 N–H and O–H groups in total. The Morgan fingerprint density at radius 3 is 2.44 bits per heavy atom. The predicted octanol–water partition coefficient (Wildman–Crippen LogP) is 3.27. The number of carbonyl (C=O) groups is 1. The van der Waals surface area contributed by atoms with Gasteiger partial charge < -0.3 is 14.4 Å². The number of aromatic nitrogens is 2. The molecule has 25 heavy (non-hydrogen) atoms. The molecule has 0 unspecified atom stereocenters. The molecule has 6 nitrogen and oxygen atoms in total. The standard InChI is InChI=1S/C16H20F3N3O3/c1-15(2,3)25-14(23)22-8-9-6-10(22)11(7-9)24-13-5-4-12(20-21-13)16(17,18)19/h4-5,9-11H,6-8H2,1-3H3/t9-,10-,11-/m1/s1. The number of alkyl halides is 3. The van der Waals surface area contributed by atoms with Crippen molar-refractivity contribution in [2.75, 3.05) is 6.54 Å². The van der Waals surface area contributed by atoms with Crippen LogP contribution < -0.4 is 4.74 Å². The number of nitrogens with zero attached hydrogens (tertiary/aromatic N) is 3. The molecule has 0 aromatic carbocycles. The minimum absolute atomic E-state index is 0.0229. The quantitative estimate of drug-likeness (QED) is 0.811. The summed E-state index contributed by atoms with van der Waals surface area (Å²) < 4.78 is 48.7. The highest BCUT2D eigenvalue weighted by Gasteiger charge is 2.49. The van der Waals surface area contributed by atoms with Crippen molar-refractivity contribution < 1.29 is 27.4 Å². The number of halogens is 3. The van der Waals surface area contributed by atoms with Gasteiger partial charge >= 0.3 is 12.3 Å². The summed E-state index contributed by atoms with van der Waals surface area (Å²) in [6, 6.07) is 1.82. The van der Waals surface area contributed by atoms with E-state index in [2.05, 4.69) is 10.2 Å².